The van der Waals surface area contributed by atoms with E-state index in [0.717, 1.165) is 18.0 Å². The van der Waals surface area contributed by atoms with Crippen LogP contribution in [0.1, 0.15) is 39.7 Å². The normalized spacial score (nSPS) is 21.2. The Balaban J connectivity index is 1.99. The van der Waals surface area contributed by atoms with Gasteiger partial charge in [-0.05, 0) is 25.1 Å². The summed E-state index contributed by atoms with van der Waals surface area (Å²) in [7, 11) is 0. The van der Waals surface area contributed by atoms with Crippen LogP contribution in [0.2, 0.25) is 5.02 Å². The van der Waals surface area contributed by atoms with Gasteiger partial charge in [-0.25, -0.2) is 9.18 Å². The van der Waals surface area contributed by atoms with E-state index in [1.165, 1.54) is 12.1 Å². The van der Waals surface area contributed by atoms with Crippen LogP contribution in [0, 0.1) is 11.2 Å². The van der Waals surface area contributed by atoms with E-state index in [0.29, 0.717) is 6.42 Å². The summed E-state index contributed by atoms with van der Waals surface area (Å²) in [6.45, 7) is 7.52. The predicted molar refractivity (Wildman–Crippen MR) is 86.1 cm³/mol. The number of nitrogens with zero attached hydrogens (tertiary/aromatic N) is 2. The molecule has 1 heterocycles. The molecule has 0 aromatic heterocycles. The number of oxime groups is 2. The van der Waals surface area contributed by atoms with E-state index in [4.69, 9.17) is 21.3 Å². The van der Waals surface area contributed by atoms with Crippen LogP contribution >= 0.6 is 11.6 Å². The van der Waals surface area contributed by atoms with E-state index in [-0.39, 0.29) is 16.0 Å². The lowest BCUT2D eigenvalue weighted by molar-refractivity contribution is -0.167. The van der Waals surface area contributed by atoms with Crippen LogP contribution < -0.4 is 0 Å². The third-order valence-corrected chi connectivity index (χ3v) is 3.68. The fourth-order valence-electron chi connectivity index (χ4n) is 1.89. The number of rotatable bonds is 3. The summed E-state index contributed by atoms with van der Waals surface area (Å²) in [4.78, 5) is 22.2. The van der Waals surface area contributed by atoms with Crippen molar-refractivity contribution in [2.75, 3.05) is 0 Å². The van der Waals surface area contributed by atoms with Gasteiger partial charge in [0, 0.05) is 22.4 Å². The maximum absolute atomic E-state index is 13.6. The van der Waals surface area contributed by atoms with Crippen molar-refractivity contribution >= 4 is 29.5 Å². The molecule has 124 valence electrons. The second-order valence-corrected chi connectivity index (χ2v) is 7.00. The molecular formula is C16H18ClFN2O3. The van der Waals surface area contributed by atoms with Crippen LogP contribution in [-0.2, 0) is 14.5 Å². The first-order valence-electron chi connectivity index (χ1n) is 7.07. The number of carbonyl (C=O) groups is 1. The van der Waals surface area contributed by atoms with E-state index in [1.807, 2.05) is 20.8 Å². The molecule has 1 unspecified atom stereocenters. The molecule has 1 aliphatic heterocycles. The zero-order valence-electron chi connectivity index (χ0n) is 13.4. The molecule has 1 aromatic carbocycles. The third kappa shape index (κ3) is 4.07. The molecule has 1 atom stereocenters. The van der Waals surface area contributed by atoms with Gasteiger partial charge in [-0.2, -0.15) is 0 Å². The molecule has 0 saturated heterocycles. The first-order chi connectivity index (χ1) is 10.6. The summed E-state index contributed by atoms with van der Waals surface area (Å²) in [6, 6.07) is 4.10. The average Bonchev–Trinajstić information content (AvgIpc) is 2.85. The van der Waals surface area contributed by atoms with Gasteiger partial charge >= 0.3 is 5.97 Å². The summed E-state index contributed by atoms with van der Waals surface area (Å²) in [5, 5.41) is 7.75. The number of carbonyl (C=O) groups excluding carboxylic acids is 1. The second kappa shape index (κ2) is 6.28. The Morgan fingerprint density at radius 2 is 2.22 bits per heavy atom. The standard InChI is InChI=1S/C16H18ClFN2O3/c1-15(2,3)13-8-16(4,23-20-13)14(21)22-19-9-10-5-6-11(17)7-12(10)18/h5-7,9H,8H2,1-4H3/b19-9+. The van der Waals surface area contributed by atoms with Crippen LogP contribution in [0.5, 0.6) is 0 Å². The van der Waals surface area contributed by atoms with E-state index in [2.05, 4.69) is 10.3 Å². The Morgan fingerprint density at radius 1 is 1.52 bits per heavy atom. The van der Waals surface area contributed by atoms with Crippen molar-refractivity contribution in [3.63, 3.8) is 0 Å². The average molecular weight is 341 g/mol. The molecule has 2 rings (SSSR count). The largest absolute Gasteiger partial charge is 0.381 e. The minimum absolute atomic E-state index is 0.159. The molecule has 0 N–H and O–H groups in total. The van der Waals surface area contributed by atoms with E-state index < -0.39 is 17.4 Å². The van der Waals surface area contributed by atoms with Crippen molar-refractivity contribution < 1.29 is 18.9 Å². The molecule has 0 fully saturated rings. The molecule has 1 aliphatic rings. The van der Waals surface area contributed by atoms with Gasteiger partial charge in [0.1, 0.15) is 5.82 Å². The van der Waals surface area contributed by atoms with Gasteiger partial charge in [0.15, 0.2) is 0 Å². The molecule has 7 heteroatoms. The first-order valence-corrected chi connectivity index (χ1v) is 7.45. The second-order valence-electron chi connectivity index (χ2n) is 6.57. The highest BCUT2D eigenvalue weighted by Crippen LogP contribution is 2.32. The lowest BCUT2D eigenvalue weighted by atomic mass is 9.84. The molecule has 0 aliphatic carbocycles. The number of halogens is 2. The van der Waals surface area contributed by atoms with Crippen LogP contribution in [0.25, 0.3) is 0 Å². The summed E-state index contributed by atoms with van der Waals surface area (Å²) >= 11 is 5.66. The Kier molecular flexibility index (Phi) is 4.75. The lowest BCUT2D eigenvalue weighted by Crippen LogP contribution is -2.37. The molecule has 1 aromatic rings. The van der Waals surface area contributed by atoms with Crippen molar-refractivity contribution in [3.8, 4) is 0 Å². The molecule has 0 saturated carbocycles. The summed E-state index contributed by atoms with van der Waals surface area (Å²) in [6.07, 6.45) is 1.42. The Hall–Kier alpha value is -1.95. The maximum atomic E-state index is 13.6. The zero-order chi connectivity index (χ0) is 17.3. The molecule has 0 amide bonds. The predicted octanol–water partition coefficient (Wildman–Crippen LogP) is 3.94. The van der Waals surface area contributed by atoms with E-state index in [1.54, 1.807) is 6.92 Å². The van der Waals surface area contributed by atoms with Gasteiger partial charge in [-0.1, -0.05) is 42.7 Å². The lowest BCUT2D eigenvalue weighted by Gasteiger charge is -2.20. The van der Waals surface area contributed by atoms with Crippen molar-refractivity contribution in [1.82, 2.24) is 0 Å². The third-order valence-electron chi connectivity index (χ3n) is 3.45. The summed E-state index contributed by atoms with van der Waals surface area (Å²) in [5.41, 5.74) is -0.498. The van der Waals surface area contributed by atoms with Gasteiger partial charge in [-0.15, -0.1) is 0 Å². The fourth-order valence-corrected chi connectivity index (χ4v) is 2.04. The zero-order valence-corrected chi connectivity index (χ0v) is 14.1. The first kappa shape index (κ1) is 17.4. The number of hydrogen-bond acceptors (Lipinski definition) is 5. The quantitative estimate of drug-likeness (QED) is 0.475. The molecule has 23 heavy (non-hydrogen) atoms. The molecule has 0 radical (unpaired) electrons. The van der Waals surface area contributed by atoms with Gasteiger partial charge in [0.25, 0.3) is 0 Å². The van der Waals surface area contributed by atoms with E-state index >= 15 is 0 Å². The minimum atomic E-state index is -1.22. The topological polar surface area (TPSA) is 60.2 Å². The smallest absolute Gasteiger partial charge is 0.377 e. The van der Waals surface area contributed by atoms with Gasteiger partial charge in [-0.3, -0.25) is 0 Å². The van der Waals surface area contributed by atoms with Crippen molar-refractivity contribution in [1.29, 1.82) is 0 Å². The minimum Gasteiger partial charge on any atom is -0.377 e. The van der Waals surface area contributed by atoms with Crippen molar-refractivity contribution in [3.05, 3.63) is 34.6 Å². The van der Waals surface area contributed by atoms with E-state index in [9.17, 15) is 9.18 Å². The Morgan fingerprint density at radius 3 is 2.78 bits per heavy atom. The van der Waals surface area contributed by atoms with Crippen LogP contribution in [0.3, 0.4) is 0 Å². The summed E-state index contributed by atoms with van der Waals surface area (Å²) < 4.78 is 13.6. The molecule has 0 bridgehead atoms. The van der Waals surface area contributed by atoms with Gasteiger partial charge in [0.2, 0.25) is 5.60 Å². The van der Waals surface area contributed by atoms with Gasteiger partial charge in [0.05, 0.1) is 11.9 Å². The van der Waals surface area contributed by atoms with Gasteiger partial charge < -0.3 is 9.68 Å². The van der Waals surface area contributed by atoms with Crippen LogP contribution in [0.4, 0.5) is 4.39 Å². The SMILES string of the molecule is CC(C)(C)C1=NOC(C)(C(=O)O/N=C/c2ccc(Cl)cc2F)C1. The Bertz CT molecular complexity index is 682. The fraction of sp³-hybridized carbons (Fsp3) is 0.438. The highest BCUT2D eigenvalue weighted by molar-refractivity contribution is 6.30. The van der Waals surface area contributed by atoms with Crippen molar-refractivity contribution in [2.24, 2.45) is 15.7 Å². The molecule has 5 nitrogen and oxygen atoms in total. The van der Waals surface area contributed by atoms with Crippen molar-refractivity contribution in [2.45, 2.75) is 39.7 Å². The number of benzene rings is 1. The van der Waals surface area contributed by atoms with Crippen LogP contribution in [0.15, 0.2) is 28.5 Å². The Labute approximate surface area is 139 Å². The highest BCUT2D eigenvalue weighted by atomic mass is 35.5. The molecular weight excluding hydrogens is 323 g/mol. The number of hydrogen-bond donors (Lipinski definition) is 0. The summed E-state index contributed by atoms with van der Waals surface area (Å²) in [5.74, 6) is -1.25. The van der Waals surface area contributed by atoms with Crippen LogP contribution in [-0.4, -0.2) is 23.5 Å². The molecule has 0 spiro atoms. The highest BCUT2D eigenvalue weighted by Gasteiger charge is 2.46. The maximum Gasteiger partial charge on any atom is 0.381 e. The monoisotopic (exact) mass is 340 g/mol.